The standard InChI is InChI=1S/C16H19N5O/c1-21-10-5-12(6-11-21)14-15(19-9-8-18-14)16(22)20-13-4-2-3-7-17-13/h2-4,7-9,12H,5-6,10-11H2,1H3,(H,17,20,22). The average Bonchev–Trinajstić information content (AvgIpc) is 2.56. The number of piperidine rings is 1. The number of nitrogens with zero attached hydrogens (tertiary/aromatic N) is 4. The Balaban J connectivity index is 1.80. The second-order valence-corrected chi connectivity index (χ2v) is 5.54. The fourth-order valence-corrected chi connectivity index (χ4v) is 2.72. The highest BCUT2D eigenvalue weighted by molar-refractivity contribution is 6.03. The summed E-state index contributed by atoms with van der Waals surface area (Å²) in [6, 6.07) is 5.39. The normalized spacial score (nSPS) is 16.4. The van der Waals surface area contributed by atoms with Crippen molar-refractivity contribution in [1.29, 1.82) is 0 Å². The second kappa shape index (κ2) is 6.62. The quantitative estimate of drug-likeness (QED) is 0.937. The summed E-state index contributed by atoms with van der Waals surface area (Å²) in [7, 11) is 2.11. The zero-order valence-corrected chi connectivity index (χ0v) is 12.6. The number of amides is 1. The Bertz CT molecular complexity index is 638. The summed E-state index contributed by atoms with van der Waals surface area (Å²) in [6.45, 7) is 2.03. The molecule has 0 atom stereocenters. The van der Waals surface area contributed by atoms with Gasteiger partial charge in [-0.3, -0.25) is 9.78 Å². The molecular formula is C16H19N5O. The van der Waals surface area contributed by atoms with Crippen LogP contribution in [0.1, 0.15) is 34.9 Å². The zero-order valence-electron chi connectivity index (χ0n) is 12.6. The van der Waals surface area contributed by atoms with Gasteiger partial charge in [0.1, 0.15) is 11.5 Å². The highest BCUT2D eigenvalue weighted by atomic mass is 16.2. The summed E-state index contributed by atoms with van der Waals surface area (Å²) < 4.78 is 0. The average molecular weight is 297 g/mol. The molecule has 1 aliphatic heterocycles. The lowest BCUT2D eigenvalue weighted by Crippen LogP contribution is -2.31. The third-order valence-corrected chi connectivity index (χ3v) is 3.95. The van der Waals surface area contributed by atoms with E-state index in [4.69, 9.17) is 0 Å². The molecule has 1 aliphatic rings. The number of rotatable bonds is 3. The highest BCUT2D eigenvalue weighted by Gasteiger charge is 2.25. The minimum Gasteiger partial charge on any atom is -0.306 e. The van der Waals surface area contributed by atoms with Gasteiger partial charge in [-0.05, 0) is 45.1 Å². The summed E-state index contributed by atoms with van der Waals surface area (Å²) in [5.41, 5.74) is 1.20. The molecule has 3 rings (SSSR count). The highest BCUT2D eigenvalue weighted by Crippen LogP contribution is 2.27. The number of carbonyl (C=O) groups is 1. The maximum atomic E-state index is 12.5. The van der Waals surface area contributed by atoms with Crippen molar-refractivity contribution < 1.29 is 4.79 Å². The fraction of sp³-hybridized carbons (Fsp3) is 0.375. The number of likely N-dealkylation sites (tertiary alicyclic amines) is 1. The van der Waals surface area contributed by atoms with Crippen molar-refractivity contribution in [2.24, 2.45) is 0 Å². The van der Waals surface area contributed by atoms with Crippen LogP contribution in [0.4, 0.5) is 5.82 Å². The number of hydrogen-bond acceptors (Lipinski definition) is 5. The number of anilines is 1. The van der Waals surface area contributed by atoms with Crippen molar-refractivity contribution in [2.75, 3.05) is 25.5 Å². The molecule has 0 bridgehead atoms. The summed E-state index contributed by atoms with van der Waals surface area (Å²) >= 11 is 0. The van der Waals surface area contributed by atoms with Crippen LogP contribution in [-0.4, -0.2) is 45.9 Å². The molecule has 1 fully saturated rings. The molecule has 0 radical (unpaired) electrons. The minimum absolute atomic E-state index is 0.249. The maximum absolute atomic E-state index is 12.5. The predicted molar refractivity (Wildman–Crippen MR) is 83.7 cm³/mol. The first-order valence-corrected chi connectivity index (χ1v) is 7.46. The van der Waals surface area contributed by atoms with Crippen molar-refractivity contribution in [1.82, 2.24) is 19.9 Å². The third-order valence-electron chi connectivity index (χ3n) is 3.95. The van der Waals surface area contributed by atoms with Gasteiger partial charge in [-0.2, -0.15) is 0 Å². The van der Waals surface area contributed by atoms with Crippen molar-refractivity contribution in [3.8, 4) is 0 Å². The Hall–Kier alpha value is -2.34. The molecule has 114 valence electrons. The summed E-state index contributed by atoms with van der Waals surface area (Å²) in [5.74, 6) is 0.558. The molecule has 1 N–H and O–H groups in total. The minimum atomic E-state index is -0.249. The molecule has 6 nitrogen and oxygen atoms in total. The molecular weight excluding hydrogens is 278 g/mol. The number of aromatic nitrogens is 3. The van der Waals surface area contributed by atoms with Crippen molar-refractivity contribution in [3.05, 3.63) is 48.2 Å². The van der Waals surface area contributed by atoms with E-state index >= 15 is 0 Å². The zero-order chi connectivity index (χ0) is 15.4. The molecule has 3 heterocycles. The summed E-state index contributed by atoms with van der Waals surface area (Å²) in [4.78, 5) is 27.6. The van der Waals surface area contributed by atoms with Crippen LogP contribution in [0, 0.1) is 0 Å². The number of nitrogens with one attached hydrogen (secondary N) is 1. The van der Waals surface area contributed by atoms with E-state index < -0.39 is 0 Å². The molecule has 6 heteroatoms. The smallest absolute Gasteiger partial charge is 0.277 e. The van der Waals surface area contributed by atoms with E-state index in [9.17, 15) is 4.79 Å². The topological polar surface area (TPSA) is 71.0 Å². The molecule has 2 aromatic rings. The van der Waals surface area contributed by atoms with Crippen LogP contribution in [0.2, 0.25) is 0 Å². The molecule has 0 saturated carbocycles. The van der Waals surface area contributed by atoms with Gasteiger partial charge in [0.2, 0.25) is 0 Å². The van der Waals surface area contributed by atoms with E-state index in [0.717, 1.165) is 31.6 Å². The monoisotopic (exact) mass is 297 g/mol. The third kappa shape index (κ3) is 3.28. The Kier molecular flexibility index (Phi) is 4.39. The number of pyridine rings is 1. The summed E-state index contributed by atoms with van der Waals surface area (Å²) in [5, 5.41) is 2.78. The van der Waals surface area contributed by atoms with Crippen molar-refractivity contribution >= 4 is 11.7 Å². The van der Waals surface area contributed by atoms with Crippen molar-refractivity contribution in [3.63, 3.8) is 0 Å². The second-order valence-electron chi connectivity index (χ2n) is 5.54. The molecule has 0 unspecified atom stereocenters. The number of carbonyl (C=O) groups excluding carboxylic acids is 1. The van der Waals surface area contributed by atoms with Gasteiger partial charge in [-0.1, -0.05) is 6.07 Å². The molecule has 1 amide bonds. The van der Waals surface area contributed by atoms with Crippen LogP contribution in [0.25, 0.3) is 0 Å². The van der Waals surface area contributed by atoms with Gasteiger partial charge < -0.3 is 10.2 Å². The lowest BCUT2D eigenvalue weighted by Gasteiger charge is -2.29. The van der Waals surface area contributed by atoms with Crippen LogP contribution in [0.5, 0.6) is 0 Å². The largest absolute Gasteiger partial charge is 0.306 e. The Morgan fingerprint density at radius 2 is 1.91 bits per heavy atom. The van der Waals surface area contributed by atoms with Gasteiger partial charge in [0.25, 0.3) is 5.91 Å². The van der Waals surface area contributed by atoms with E-state index in [1.807, 2.05) is 12.1 Å². The maximum Gasteiger partial charge on any atom is 0.277 e. The van der Waals surface area contributed by atoms with Crippen LogP contribution < -0.4 is 5.32 Å². The van der Waals surface area contributed by atoms with Crippen LogP contribution in [0.15, 0.2) is 36.8 Å². The van der Waals surface area contributed by atoms with Crippen LogP contribution in [-0.2, 0) is 0 Å². The van der Waals surface area contributed by atoms with Crippen LogP contribution >= 0.6 is 0 Å². The Morgan fingerprint density at radius 1 is 1.14 bits per heavy atom. The van der Waals surface area contributed by atoms with Crippen LogP contribution in [0.3, 0.4) is 0 Å². The van der Waals surface area contributed by atoms with Gasteiger partial charge in [0, 0.05) is 24.5 Å². The first-order valence-electron chi connectivity index (χ1n) is 7.46. The SMILES string of the molecule is CN1CCC(c2nccnc2C(=O)Nc2ccccn2)CC1. The number of hydrogen-bond donors (Lipinski definition) is 1. The molecule has 2 aromatic heterocycles. The molecule has 1 saturated heterocycles. The molecule has 0 aliphatic carbocycles. The molecule has 22 heavy (non-hydrogen) atoms. The first-order chi connectivity index (χ1) is 10.7. The summed E-state index contributed by atoms with van der Waals surface area (Å²) in [6.07, 6.45) is 6.86. The molecule has 0 aromatic carbocycles. The lowest BCUT2D eigenvalue weighted by molar-refractivity contribution is 0.101. The molecule has 0 spiro atoms. The van der Waals surface area contributed by atoms with Gasteiger partial charge in [-0.25, -0.2) is 9.97 Å². The van der Waals surface area contributed by atoms with E-state index in [1.54, 1.807) is 24.7 Å². The Labute approximate surface area is 129 Å². The van der Waals surface area contributed by atoms with Crippen molar-refractivity contribution in [2.45, 2.75) is 18.8 Å². The van der Waals surface area contributed by atoms with Gasteiger partial charge in [0.15, 0.2) is 0 Å². The fourth-order valence-electron chi connectivity index (χ4n) is 2.72. The predicted octanol–water partition coefficient (Wildman–Crippen LogP) is 1.93. The first kappa shape index (κ1) is 14.6. The lowest BCUT2D eigenvalue weighted by atomic mass is 9.92. The Morgan fingerprint density at radius 3 is 2.64 bits per heavy atom. The van der Waals surface area contributed by atoms with E-state index in [2.05, 4.69) is 32.2 Å². The van der Waals surface area contributed by atoms with E-state index in [1.165, 1.54) is 0 Å². The van der Waals surface area contributed by atoms with Gasteiger partial charge in [-0.15, -0.1) is 0 Å². The van der Waals surface area contributed by atoms with E-state index in [0.29, 0.717) is 11.5 Å². The van der Waals surface area contributed by atoms with Gasteiger partial charge >= 0.3 is 0 Å². The van der Waals surface area contributed by atoms with Gasteiger partial charge in [0.05, 0.1) is 5.69 Å². The van der Waals surface area contributed by atoms with E-state index in [-0.39, 0.29) is 11.8 Å².